The predicted molar refractivity (Wildman–Crippen MR) is 85.4 cm³/mol. The molecule has 1 aliphatic rings. The molecule has 24 heavy (non-hydrogen) atoms. The monoisotopic (exact) mass is 330 g/mol. The molecule has 0 aliphatic carbocycles. The third-order valence-corrected chi connectivity index (χ3v) is 3.57. The number of ketones is 1. The molecule has 0 saturated heterocycles. The first-order chi connectivity index (χ1) is 11.7. The summed E-state index contributed by atoms with van der Waals surface area (Å²) in [5.74, 6) is 0.560. The number of rotatable bonds is 5. The Bertz CT molecular complexity index is 813. The van der Waals surface area contributed by atoms with Crippen LogP contribution in [-0.2, 0) is 0 Å². The van der Waals surface area contributed by atoms with Gasteiger partial charge >= 0.3 is 0 Å². The van der Waals surface area contributed by atoms with Crippen molar-refractivity contribution in [1.29, 1.82) is 0 Å². The fraction of sp³-hybridized carbons (Fsp3) is 0.167. The van der Waals surface area contributed by atoms with Gasteiger partial charge in [-0.05, 0) is 24.3 Å². The van der Waals surface area contributed by atoms with E-state index in [1.807, 2.05) is 0 Å². The summed E-state index contributed by atoms with van der Waals surface area (Å²) in [4.78, 5) is 12.5. The van der Waals surface area contributed by atoms with Gasteiger partial charge in [-0.1, -0.05) is 18.2 Å². The first kappa shape index (κ1) is 15.9. The first-order valence-electron chi connectivity index (χ1n) is 7.17. The van der Waals surface area contributed by atoms with Crippen LogP contribution in [0.25, 0.3) is 6.08 Å². The molecular formula is C18H15FO5. The molecule has 6 heteroatoms. The van der Waals surface area contributed by atoms with Crippen molar-refractivity contribution in [2.45, 2.75) is 0 Å². The average molecular weight is 330 g/mol. The molecule has 0 aromatic heterocycles. The Kier molecular flexibility index (Phi) is 4.37. The average Bonchev–Trinajstić information content (AvgIpc) is 3.09. The summed E-state index contributed by atoms with van der Waals surface area (Å²) in [6.07, 6.45) is 2.69. The van der Waals surface area contributed by atoms with Crippen LogP contribution in [0.1, 0.15) is 15.9 Å². The molecule has 0 spiro atoms. The Morgan fingerprint density at radius 3 is 2.62 bits per heavy atom. The quantitative estimate of drug-likeness (QED) is 0.621. The van der Waals surface area contributed by atoms with Gasteiger partial charge < -0.3 is 18.9 Å². The zero-order valence-electron chi connectivity index (χ0n) is 13.2. The summed E-state index contributed by atoms with van der Waals surface area (Å²) in [5, 5.41) is 0. The van der Waals surface area contributed by atoms with Crippen LogP contribution in [0.3, 0.4) is 0 Å². The molecule has 0 atom stereocenters. The molecule has 2 aromatic carbocycles. The van der Waals surface area contributed by atoms with Gasteiger partial charge in [-0.3, -0.25) is 4.79 Å². The lowest BCUT2D eigenvalue weighted by Gasteiger charge is -2.12. The van der Waals surface area contributed by atoms with Gasteiger partial charge in [0.1, 0.15) is 5.82 Å². The summed E-state index contributed by atoms with van der Waals surface area (Å²) >= 11 is 0. The Labute approximate surface area is 138 Å². The van der Waals surface area contributed by atoms with E-state index in [1.165, 1.54) is 38.5 Å². The standard InChI is InChI=1S/C18H15FO5/c1-21-15-9-12(16(22-2)18-17(15)23-10-24-18)14(20)8-7-11-5-3-4-6-13(11)19/h3-9H,10H2,1-2H3. The van der Waals surface area contributed by atoms with Gasteiger partial charge in [0, 0.05) is 5.56 Å². The van der Waals surface area contributed by atoms with E-state index in [0.717, 1.165) is 0 Å². The lowest BCUT2D eigenvalue weighted by Crippen LogP contribution is -2.01. The van der Waals surface area contributed by atoms with Crippen LogP contribution in [0.4, 0.5) is 4.39 Å². The van der Waals surface area contributed by atoms with E-state index in [0.29, 0.717) is 22.8 Å². The smallest absolute Gasteiger partial charge is 0.231 e. The Morgan fingerprint density at radius 2 is 1.92 bits per heavy atom. The van der Waals surface area contributed by atoms with Gasteiger partial charge in [0.15, 0.2) is 17.3 Å². The highest BCUT2D eigenvalue weighted by Crippen LogP contribution is 2.49. The van der Waals surface area contributed by atoms with E-state index in [1.54, 1.807) is 18.2 Å². The maximum Gasteiger partial charge on any atom is 0.231 e. The van der Waals surface area contributed by atoms with Crippen molar-refractivity contribution in [2.75, 3.05) is 21.0 Å². The van der Waals surface area contributed by atoms with Crippen molar-refractivity contribution >= 4 is 11.9 Å². The van der Waals surface area contributed by atoms with Gasteiger partial charge in [0.2, 0.25) is 18.3 Å². The summed E-state index contributed by atoms with van der Waals surface area (Å²) in [7, 11) is 2.90. The first-order valence-corrected chi connectivity index (χ1v) is 7.17. The Morgan fingerprint density at radius 1 is 1.17 bits per heavy atom. The number of carbonyl (C=O) groups is 1. The van der Waals surface area contributed by atoms with Crippen LogP contribution < -0.4 is 18.9 Å². The third kappa shape index (κ3) is 2.78. The molecule has 0 saturated carbocycles. The topological polar surface area (TPSA) is 54.0 Å². The van der Waals surface area contributed by atoms with Gasteiger partial charge in [-0.15, -0.1) is 0 Å². The van der Waals surface area contributed by atoms with E-state index in [2.05, 4.69) is 0 Å². The second kappa shape index (κ2) is 6.62. The fourth-order valence-electron chi connectivity index (χ4n) is 2.42. The fourth-order valence-corrected chi connectivity index (χ4v) is 2.42. The maximum absolute atomic E-state index is 13.6. The second-order valence-electron chi connectivity index (χ2n) is 4.94. The highest BCUT2D eigenvalue weighted by atomic mass is 19.1. The number of hydrogen-bond acceptors (Lipinski definition) is 5. The number of hydrogen-bond donors (Lipinski definition) is 0. The van der Waals surface area contributed by atoms with Gasteiger partial charge in [0.05, 0.1) is 19.8 Å². The molecule has 2 aromatic rings. The van der Waals surface area contributed by atoms with E-state index in [4.69, 9.17) is 18.9 Å². The maximum atomic E-state index is 13.6. The van der Waals surface area contributed by atoms with Crippen molar-refractivity contribution in [2.24, 2.45) is 0 Å². The SMILES string of the molecule is COc1cc(C(=O)C=Cc2ccccc2F)c(OC)c2c1OCO2. The molecule has 1 heterocycles. The molecule has 0 unspecified atom stereocenters. The van der Waals surface area contributed by atoms with E-state index in [9.17, 15) is 9.18 Å². The number of benzene rings is 2. The molecule has 1 aliphatic heterocycles. The van der Waals surface area contributed by atoms with Crippen LogP contribution >= 0.6 is 0 Å². The molecule has 3 rings (SSSR count). The molecule has 124 valence electrons. The molecular weight excluding hydrogens is 315 g/mol. The molecule has 0 bridgehead atoms. The van der Waals surface area contributed by atoms with Crippen LogP contribution in [-0.4, -0.2) is 26.8 Å². The zero-order chi connectivity index (χ0) is 17.1. The summed E-state index contributed by atoms with van der Waals surface area (Å²) in [6.45, 7) is 0.0186. The molecule has 5 nitrogen and oxygen atoms in total. The lowest BCUT2D eigenvalue weighted by atomic mass is 10.1. The molecule has 0 amide bonds. The van der Waals surface area contributed by atoms with Crippen molar-refractivity contribution in [3.63, 3.8) is 0 Å². The lowest BCUT2D eigenvalue weighted by molar-refractivity contribution is 0.104. The van der Waals surface area contributed by atoms with E-state index < -0.39 is 5.82 Å². The third-order valence-electron chi connectivity index (χ3n) is 3.57. The molecule has 0 fully saturated rings. The van der Waals surface area contributed by atoms with Gasteiger partial charge in [-0.2, -0.15) is 0 Å². The normalized spacial score (nSPS) is 12.5. The molecule has 0 radical (unpaired) electrons. The van der Waals surface area contributed by atoms with Crippen LogP contribution in [0.2, 0.25) is 0 Å². The molecule has 0 N–H and O–H groups in total. The summed E-state index contributed by atoms with van der Waals surface area (Å²) in [6, 6.07) is 7.70. The van der Waals surface area contributed by atoms with Crippen LogP contribution in [0, 0.1) is 5.82 Å². The Balaban J connectivity index is 1.99. The number of methoxy groups -OCH3 is 2. The van der Waals surface area contributed by atoms with Crippen LogP contribution in [0.5, 0.6) is 23.0 Å². The van der Waals surface area contributed by atoms with Crippen molar-refractivity contribution in [1.82, 2.24) is 0 Å². The highest BCUT2D eigenvalue weighted by Gasteiger charge is 2.28. The number of fused-ring (bicyclic) bond motifs is 1. The highest BCUT2D eigenvalue weighted by molar-refractivity contribution is 6.09. The minimum Gasteiger partial charge on any atom is -0.493 e. The van der Waals surface area contributed by atoms with E-state index in [-0.39, 0.29) is 23.9 Å². The van der Waals surface area contributed by atoms with Crippen molar-refractivity contribution in [3.05, 3.63) is 53.4 Å². The van der Waals surface area contributed by atoms with Gasteiger partial charge in [0.25, 0.3) is 0 Å². The minimum absolute atomic E-state index is 0.0186. The zero-order valence-corrected chi connectivity index (χ0v) is 13.2. The summed E-state index contributed by atoms with van der Waals surface area (Å²) < 4.78 is 34.9. The van der Waals surface area contributed by atoms with Crippen molar-refractivity contribution in [3.8, 4) is 23.0 Å². The Hall–Kier alpha value is -3.02. The van der Waals surface area contributed by atoms with E-state index >= 15 is 0 Å². The number of halogens is 1. The number of allylic oxidation sites excluding steroid dienone is 1. The van der Waals surface area contributed by atoms with Gasteiger partial charge in [-0.25, -0.2) is 4.39 Å². The summed E-state index contributed by atoms with van der Waals surface area (Å²) in [5.41, 5.74) is 0.559. The van der Waals surface area contributed by atoms with Crippen LogP contribution in [0.15, 0.2) is 36.4 Å². The number of ether oxygens (including phenoxy) is 4. The largest absolute Gasteiger partial charge is 0.493 e. The van der Waals surface area contributed by atoms with Crippen molar-refractivity contribution < 1.29 is 28.1 Å². The minimum atomic E-state index is -0.406. The predicted octanol–water partition coefficient (Wildman–Crippen LogP) is 3.47. The second-order valence-corrected chi connectivity index (χ2v) is 4.94. The number of carbonyl (C=O) groups excluding carboxylic acids is 1.